The van der Waals surface area contributed by atoms with Gasteiger partial charge in [0, 0.05) is 30.3 Å². The number of hydrogen-bond donors (Lipinski definition) is 0. The number of nitrogens with zero attached hydrogens (tertiary/aromatic N) is 3. The highest BCUT2D eigenvalue weighted by Crippen LogP contribution is 2.27. The van der Waals surface area contributed by atoms with E-state index in [1.165, 1.54) is 11.8 Å². The third-order valence-electron chi connectivity index (χ3n) is 4.06. The van der Waals surface area contributed by atoms with Gasteiger partial charge in [-0.25, -0.2) is 4.90 Å². The molecule has 0 aliphatic carbocycles. The minimum Gasteiger partial charge on any atom is -0.326 e. The molecular weight excluding hydrogens is 386 g/mol. The second-order valence-electron chi connectivity index (χ2n) is 5.77. The number of rotatable bonds is 4. The van der Waals surface area contributed by atoms with E-state index in [1.54, 1.807) is 42.7 Å². The van der Waals surface area contributed by atoms with Crippen LogP contribution >= 0.6 is 15.9 Å². The van der Waals surface area contributed by atoms with Crippen molar-refractivity contribution in [3.05, 3.63) is 58.8 Å². The molecule has 1 unspecified atom stereocenters. The number of halogens is 1. The molecule has 7 heteroatoms. The van der Waals surface area contributed by atoms with Crippen molar-refractivity contribution < 1.29 is 14.4 Å². The van der Waals surface area contributed by atoms with Crippen molar-refractivity contribution in [2.24, 2.45) is 0 Å². The van der Waals surface area contributed by atoms with E-state index in [0.717, 1.165) is 14.9 Å². The van der Waals surface area contributed by atoms with Crippen molar-refractivity contribution in [1.82, 2.24) is 9.88 Å². The van der Waals surface area contributed by atoms with Crippen molar-refractivity contribution in [3.8, 4) is 0 Å². The Balaban J connectivity index is 1.86. The van der Waals surface area contributed by atoms with E-state index in [-0.39, 0.29) is 30.7 Å². The summed E-state index contributed by atoms with van der Waals surface area (Å²) in [5.41, 5.74) is 1.31. The van der Waals surface area contributed by atoms with Gasteiger partial charge in [-0.3, -0.25) is 19.4 Å². The molecule has 2 aromatic rings. The maximum atomic E-state index is 12.8. The van der Waals surface area contributed by atoms with Crippen LogP contribution in [0.3, 0.4) is 0 Å². The molecule has 1 fully saturated rings. The highest BCUT2D eigenvalue weighted by Gasteiger charge is 2.43. The van der Waals surface area contributed by atoms with Crippen LogP contribution in [-0.2, 0) is 20.9 Å². The fraction of sp³-hybridized carbons (Fsp3) is 0.222. The highest BCUT2D eigenvalue weighted by molar-refractivity contribution is 9.10. The van der Waals surface area contributed by atoms with Gasteiger partial charge in [-0.1, -0.05) is 22.0 Å². The number of benzene rings is 1. The van der Waals surface area contributed by atoms with Crippen LogP contribution < -0.4 is 4.90 Å². The lowest BCUT2D eigenvalue weighted by atomic mass is 10.1. The average Bonchev–Trinajstić information content (AvgIpc) is 2.89. The van der Waals surface area contributed by atoms with E-state index < -0.39 is 6.04 Å². The van der Waals surface area contributed by atoms with Crippen LogP contribution in [0.25, 0.3) is 0 Å². The molecule has 1 aromatic carbocycles. The van der Waals surface area contributed by atoms with Crippen LogP contribution in [-0.4, -0.2) is 33.6 Å². The number of hydrogen-bond acceptors (Lipinski definition) is 4. The summed E-state index contributed by atoms with van der Waals surface area (Å²) in [7, 11) is 0. The molecule has 3 rings (SSSR count). The Labute approximate surface area is 153 Å². The maximum absolute atomic E-state index is 12.8. The Morgan fingerprint density at radius 1 is 1.28 bits per heavy atom. The Bertz CT molecular complexity index is 808. The van der Waals surface area contributed by atoms with Gasteiger partial charge < -0.3 is 4.90 Å². The van der Waals surface area contributed by atoms with Gasteiger partial charge in [-0.15, -0.1) is 0 Å². The summed E-state index contributed by atoms with van der Waals surface area (Å²) >= 11 is 3.33. The summed E-state index contributed by atoms with van der Waals surface area (Å²) < 4.78 is 0.855. The lowest BCUT2D eigenvalue weighted by molar-refractivity contribution is -0.137. The van der Waals surface area contributed by atoms with Gasteiger partial charge in [0.1, 0.15) is 6.04 Å². The predicted molar refractivity (Wildman–Crippen MR) is 95.5 cm³/mol. The van der Waals surface area contributed by atoms with Crippen LogP contribution in [0.15, 0.2) is 53.3 Å². The summed E-state index contributed by atoms with van der Waals surface area (Å²) in [6, 6.07) is 9.72. The monoisotopic (exact) mass is 401 g/mol. The second-order valence-corrected chi connectivity index (χ2v) is 6.69. The van der Waals surface area contributed by atoms with E-state index in [1.807, 2.05) is 6.07 Å². The van der Waals surface area contributed by atoms with Gasteiger partial charge in [-0.2, -0.15) is 0 Å². The predicted octanol–water partition coefficient (Wildman–Crippen LogP) is 2.52. The number of aromatic nitrogens is 1. The quantitative estimate of drug-likeness (QED) is 0.737. The first-order valence-electron chi connectivity index (χ1n) is 7.76. The number of pyridine rings is 1. The fourth-order valence-electron chi connectivity index (χ4n) is 2.85. The van der Waals surface area contributed by atoms with Gasteiger partial charge in [-0.05, 0) is 35.9 Å². The average molecular weight is 402 g/mol. The summed E-state index contributed by atoms with van der Waals surface area (Å²) in [6.07, 6.45) is 3.26. The number of anilines is 1. The third-order valence-corrected chi connectivity index (χ3v) is 4.59. The van der Waals surface area contributed by atoms with Gasteiger partial charge in [0.25, 0.3) is 5.91 Å². The molecule has 1 atom stereocenters. The van der Waals surface area contributed by atoms with Crippen molar-refractivity contribution in [1.29, 1.82) is 0 Å². The Kier molecular flexibility index (Phi) is 4.94. The molecule has 128 valence electrons. The Morgan fingerprint density at radius 2 is 2.00 bits per heavy atom. The molecule has 0 saturated carbocycles. The minimum absolute atomic E-state index is 0.0191. The normalized spacial score (nSPS) is 17.0. The Morgan fingerprint density at radius 3 is 2.60 bits per heavy atom. The molecular formula is C18H16BrN3O3. The first-order chi connectivity index (χ1) is 12.0. The molecule has 6 nitrogen and oxygen atoms in total. The zero-order chi connectivity index (χ0) is 18.0. The van der Waals surface area contributed by atoms with E-state index in [9.17, 15) is 14.4 Å². The van der Waals surface area contributed by atoms with Gasteiger partial charge in [0.05, 0.1) is 12.1 Å². The summed E-state index contributed by atoms with van der Waals surface area (Å²) in [5, 5.41) is 0. The molecule has 25 heavy (non-hydrogen) atoms. The molecule has 2 heterocycles. The largest absolute Gasteiger partial charge is 0.326 e. The first-order valence-corrected chi connectivity index (χ1v) is 8.55. The summed E-state index contributed by atoms with van der Waals surface area (Å²) in [6.45, 7) is 1.64. The highest BCUT2D eigenvalue weighted by atomic mass is 79.9. The number of imide groups is 1. The molecule has 1 aliphatic rings. The molecule has 1 saturated heterocycles. The van der Waals surface area contributed by atoms with Crippen LogP contribution in [0.2, 0.25) is 0 Å². The second kappa shape index (κ2) is 7.14. The number of carbonyl (C=O) groups excluding carboxylic acids is 3. The lowest BCUT2D eigenvalue weighted by Gasteiger charge is -2.26. The lowest BCUT2D eigenvalue weighted by Crippen LogP contribution is -2.44. The SMILES string of the molecule is CC(=O)N(Cc1cccnc1)C1CC(=O)N(c2ccc(Br)cc2)C1=O. The fourth-order valence-corrected chi connectivity index (χ4v) is 3.11. The zero-order valence-electron chi connectivity index (χ0n) is 13.6. The minimum atomic E-state index is -0.797. The molecule has 0 radical (unpaired) electrons. The molecule has 1 aliphatic heterocycles. The topological polar surface area (TPSA) is 70.6 Å². The molecule has 0 bridgehead atoms. The van der Waals surface area contributed by atoms with E-state index >= 15 is 0 Å². The number of carbonyl (C=O) groups is 3. The van der Waals surface area contributed by atoms with Crippen LogP contribution in [0.4, 0.5) is 5.69 Å². The zero-order valence-corrected chi connectivity index (χ0v) is 15.1. The van der Waals surface area contributed by atoms with E-state index in [0.29, 0.717) is 5.69 Å². The van der Waals surface area contributed by atoms with Crippen molar-refractivity contribution >= 4 is 39.3 Å². The Hall–Kier alpha value is -2.54. The summed E-state index contributed by atoms with van der Waals surface area (Å²) in [4.78, 5) is 43.9. The number of amides is 3. The van der Waals surface area contributed by atoms with Crippen molar-refractivity contribution in [2.45, 2.75) is 25.9 Å². The van der Waals surface area contributed by atoms with Gasteiger partial charge >= 0.3 is 0 Å². The van der Waals surface area contributed by atoms with Gasteiger partial charge in [0.15, 0.2) is 0 Å². The summed E-state index contributed by atoms with van der Waals surface area (Å²) in [5.74, 6) is -0.950. The van der Waals surface area contributed by atoms with E-state index in [4.69, 9.17) is 0 Å². The molecule has 0 spiro atoms. The molecule has 1 aromatic heterocycles. The van der Waals surface area contributed by atoms with Crippen molar-refractivity contribution in [3.63, 3.8) is 0 Å². The van der Waals surface area contributed by atoms with E-state index in [2.05, 4.69) is 20.9 Å². The van der Waals surface area contributed by atoms with Crippen LogP contribution in [0.5, 0.6) is 0 Å². The molecule has 3 amide bonds. The van der Waals surface area contributed by atoms with Gasteiger partial charge in [0.2, 0.25) is 11.8 Å². The van der Waals surface area contributed by atoms with Crippen LogP contribution in [0.1, 0.15) is 18.9 Å². The van der Waals surface area contributed by atoms with Crippen LogP contribution in [0, 0.1) is 0 Å². The third kappa shape index (κ3) is 3.61. The standard InChI is InChI=1S/C18H16BrN3O3/c1-12(23)21(11-13-3-2-8-20-10-13)16-9-17(24)22(18(16)25)15-6-4-14(19)5-7-15/h2-8,10,16H,9,11H2,1H3. The smallest absolute Gasteiger partial charge is 0.257 e. The van der Waals surface area contributed by atoms with Crippen molar-refractivity contribution in [2.75, 3.05) is 4.90 Å². The maximum Gasteiger partial charge on any atom is 0.257 e. The first kappa shape index (κ1) is 17.3. The molecule has 0 N–H and O–H groups in total.